The van der Waals surface area contributed by atoms with E-state index in [-0.39, 0.29) is 19.1 Å². The summed E-state index contributed by atoms with van der Waals surface area (Å²) in [5.74, 6) is 0.685. The van der Waals surface area contributed by atoms with E-state index in [2.05, 4.69) is 36.2 Å². The van der Waals surface area contributed by atoms with Crippen molar-refractivity contribution in [1.29, 1.82) is 0 Å². The van der Waals surface area contributed by atoms with Gasteiger partial charge in [-0.05, 0) is 70.1 Å². The summed E-state index contributed by atoms with van der Waals surface area (Å²) in [5, 5.41) is 12.1. The number of esters is 1. The maximum absolute atomic E-state index is 11.5. The maximum atomic E-state index is 11.5. The lowest BCUT2D eigenvalue weighted by Crippen LogP contribution is -2.39. The summed E-state index contributed by atoms with van der Waals surface area (Å²) in [6.07, 6.45) is 16.4. The summed E-state index contributed by atoms with van der Waals surface area (Å²) in [5.41, 5.74) is 0. The summed E-state index contributed by atoms with van der Waals surface area (Å²) in [6.45, 7) is 8.04. The van der Waals surface area contributed by atoms with Gasteiger partial charge >= 0.3 is 5.97 Å². The van der Waals surface area contributed by atoms with Crippen LogP contribution < -0.4 is 10.1 Å². The molecule has 2 unspecified atom stereocenters. The van der Waals surface area contributed by atoms with E-state index in [4.69, 9.17) is 21.1 Å². The Bertz CT molecular complexity index is 877. The van der Waals surface area contributed by atoms with E-state index in [0.29, 0.717) is 19.4 Å². The van der Waals surface area contributed by atoms with E-state index in [0.717, 1.165) is 29.5 Å². The Hall–Kier alpha value is -3.07. The van der Waals surface area contributed by atoms with Crippen molar-refractivity contribution in [3.8, 4) is 5.75 Å². The standard InChI is InChI=1S/C17H25ClO.C12H20N2O6/c1-3-5-9-15(4-2)10-6-7-13-19-17-12-8-11-16(18)14-17;1-3-4-5-6-7-11(15)13-10(2)12(16)19-8-9-20-14(17)18/h6,8,10-12,14-15H,3-5,7,9,13H2,1-2H3;3-4,10H,5-9H2,1-2H3,(H,13,15)/b10-6+;4-3-. The number of allylic oxidation sites excluding steroid dienone is 3. The zero-order chi connectivity index (χ0) is 29.3. The third-order valence-corrected chi connectivity index (χ3v) is 5.71. The van der Waals surface area contributed by atoms with Crippen LogP contribution in [0.5, 0.6) is 5.75 Å². The lowest BCUT2D eigenvalue weighted by molar-refractivity contribution is -0.757. The van der Waals surface area contributed by atoms with E-state index < -0.39 is 17.1 Å². The molecule has 1 amide bonds. The number of hydrogen-bond donors (Lipinski definition) is 1. The Balaban J connectivity index is 0.000000741. The van der Waals surface area contributed by atoms with Crippen molar-refractivity contribution in [2.45, 2.75) is 85.1 Å². The molecule has 2 atom stereocenters. The normalized spacial score (nSPS) is 12.3. The number of amides is 1. The first-order chi connectivity index (χ1) is 18.7. The first-order valence-electron chi connectivity index (χ1n) is 13.6. The number of nitrogens with one attached hydrogen (secondary N) is 1. The van der Waals surface area contributed by atoms with Crippen molar-refractivity contribution >= 4 is 23.5 Å². The smallest absolute Gasteiger partial charge is 0.328 e. The largest absolute Gasteiger partial charge is 0.493 e. The van der Waals surface area contributed by atoms with Crippen LogP contribution in [0.3, 0.4) is 0 Å². The summed E-state index contributed by atoms with van der Waals surface area (Å²) < 4.78 is 10.4. The highest BCUT2D eigenvalue weighted by atomic mass is 35.5. The Morgan fingerprint density at radius 3 is 2.54 bits per heavy atom. The number of ether oxygens (including phenoxy) is 2. The van der Waals surface area contributed by atoms with Gasteiger partial charge in [-0.15, -0.1) is 10.1 Å². The second-order valence-corrected chi connectivity index (χ2v) is 9.24. The van der Waals surface area contributed by atoms with Crippen LogP contribution in [0, 0.1) is 16.0 Å². The molecule has 1 rings (SSSR count). The second-order valence-electron chi connectivity index (χ2n) is 8.81. The van der Waals surface area contributed by atoms with Crippen LogP contribution in [-0.4, -0.2) is 42.8 Å². The number of hydrogen-bond acceptors (Lipinski definition) is 7. The molecule has 1 aromatic rings. The average molecular weight is 569 g/mol. The fourth-order valence-electron chi connectivity index (χ4n) is 3.29. The van der Waals surface area contributed by atoms with Gasteiger partial charge in [-0.25, -0.2) is 4.79 Å². The third-order valence-electron chi connectivity index (χ3n) is 5.48. The molecule has 1 aromatic carbocycles. The molecule has 0 aliphatic rings. The van der Waals surface area contributed by atoms with E-state index in [1.54, 1.807) is 0 Å². The summed E-state index contributed by atoms with van der Waals surface area (Å²) in [4.78, 5) is 36.7. The molecule has 0 heterocycles. The van der Waals surface area contributed by atoms with Crippen LogP contribution in [0.25, 0.3) is 0 Å². The molecule has 9 nitrogen and oxygen atoms in total. The Morgan fingerprint density at radius 1 is 1.13 bits per heavy atom. The number of carbonyl (C=O) groups is 2. The van der Waals surface area contributed by atoms with E-state index >= 15 is 0 Å². The van der Waals surface area contributed by atoms with Crippen LogP contribution in [0.1, 0.15) is 79.1 Å². The fourth-order valence-corrected chi connectivity index (χ4v) is 3.47. The zero-order valence-electron chi connectivity index (χ0n) is 23.7. The minimum Gasteiger partial charge on any atom is -0.493 e. The van der Waals surface area contributed by atoms with E-state index in [1.165, 1.54) is 32.6 Å². The average Bonchev–Trinajstić information content (AvgIpc) is 2.90. The first-order valence-corrected chi connectivity index (χ1v) is 14.0. The van der Waals surface area contributed by atoms with Crippen molar-refractivity contribution in [2.75, 3.05) is 19.8 Å². The van der Waals surface area contributed by atoms with Crippen molar-refractivity contribution in [3.63, 3.8) is 0 Å². The van der Waals surface area contributed by atoms with Gasteiger partial charge in [-0.1, -0.05) is 68.7 Å². The highest BCUT2D eigenvalue weighted by Gasteiger charge is 2.16. The number of rotatable bonds is 19. The summed E-state index contributed by atoms with van der Waals surface area (Å²) >= 11 is 5.90. The van der Waals surface area contributed by atoms with Gasteiger partial charge < -0.3 is 19.6 Å². The van der Waals surface area contributed by atoms with Crippen molar-refractivity contribution < 1.29 is 29.0 Å². The van der Waals surface area contributed by atoms with Crippen molar-refractivity contribution in [3.05, 3.63) is 63.7 Å². The van der Waals surface area contributed by atoms with Crippen molar-refractivity contribution in [1.82, 2.24) is 5.32 Å². The minimum atomic E-state index is -0.968. The van der Waals surface area contributed by atoms with Gasteiger partial charge in [0.15, 0.2) is 0 Å². The molecule has 0 spiro atoms. The molecule has 1 N–H and O–H groups in total. The maximum Gasteiger partial charge on any atom is 0.328 e. The monoisotopic (exact) mass is 568 g/mol. The van der Waals surface area contributed by atoms with Gasteiger partial charge in [0.25, 0.3) is 5.09 Å². The van der Waals surface area contributed by atoms with E-state index in [9.17, 15) is 19.7 Å². The van der Waals surface area contributed by atoms with Crippen LogP contribution in [0.15, 0.2) is 48.6 Å². The van der Waals surface area contributed by atoms with Gasteiger partial charge in [-0.3, -0.25) is 4.79 Å². The molecule has 0 saturated heterocycles. The molecular formula is C29H45ClN2O7. The summed E-state index contributed by atoms with van der Waals surface area (Å²) in [7, 11) is 0. The van der Waals surface area contributed by atoms with Gasteiger partial charge in [0.2, 0.25) is 5.91 Å². The molecular weight excluding hydrogens is 524 g/mol. The lowest BCUT2D eigenvalue weighted by atomic mass is 9.99. The number of benzene rings is 1. The SMILES string of the molecule is C/C=C\CCCC(=O)NC(C)C(=O)OCCO[N+](=O)[O-].CCCCC(/C=C/CCOc1cccc(Cl)c1)CC. The molecule has 0 radical (unpaired) electrons. The minimum absolute atomic E-state index is 0.235. The molecule has 0 aliphatic carbocycles. The quantitative estimate of drug-likeness (QED) is 0.0636. The van der Waals surface area contributed by atoms with Gasteiger partial charge in [-0.2, -0.15) is 0 Å². The predicted octanol–water partition coefficient (Wildman–Crippen LogP) is 6.87. The number of nitrogens with zero attached hydrogens (tertiary/aromatic N) is 1. The molecule has 220 valence electrons. The molecule has 0 aliphatic heterocycles. The van der Waals surface area contributed by atoms with Crippen LogP contribution in [-0.2, 0) is 19.2 Å². The second kappa shape index (κ2) is 24.0. The van der Waals surface area contributed by atoms with Gasteiger partial charge in [0, 0.05) is 11.4 Å². The molecule has 39 heavy (non-hydrogen) atoms. The Morgan fingerprint density at radius 2 is 1.90 bits per heavy atom. The summed E-state index contributed by atoms with van der Waals surface area (Å²) in [6, 6.07) is 6.76. The molecule has 10 heteroatoms. The van der Waals surface area contributed by atoms with E-state index in [1.807, 2.05) is 43.3 Å². The Kier molecular flexibility index (Phi) is 22.1. The zero-order valence-corrected chi connectivity index (χ0v) is 24.5. The van der Waals surface area contributed by atoms with Crippen LogP contribution >= 0.6 is 11.6 Å². The number of halogens is 1. The highest BCUT2D eigenvalue weighted by Crippen LogP contribution is 2.18. The predicted molar refractivity (Wildman–Crippen MR) is 154 cm³/mol. The topological polar surface area (TPSA) is 117 Å². The highest BCUT2D eigenvalue weighted by molar-refractivity contribution is 6.30. The third kappa shape index (κ3) is 21.5. The lowest BCUT2D eigenvalue weighted by Gasteiger charge is -2.12. The fraction of sp³-hybridized carbons (Fsp3) is 0.586. The van der Waals surface area contributed by atoms with Crippen molar-refractivity contribution in [2.24, 2.45) is 5.92 Å². The molecule has 0 saturated carbocycles. The number of carbonyl (C=O) groups excluding carboxylic acids is 2. The first kappa shape index (κ1) is 35.9. The van der Waals surface area contributed by atoms with Gasteiger partial charge in [0.05, 0.1) is 6.61 Å². The van der Waals surface area contributed by atoms with Crippen LogP contribution in [0.4, 0.5) is 0 Å². The van der Waals surface area contributed by atoms with Gasteiger partial charge in [0.1, 0.15) is 25.0 Å². The molecule has 0 bridgehead atoms. The molecule has 0 aromatic heterocycles. The number of unbranched alkanes of at least 4 members (excludes halogenated alkanes) is 2. The molecule has 0 fully saturated rings. The van der Waals surface area contributed by atoms with Crippen LogP contribution in [0.2, 0.25) is 5.02 Å². The Labute approximate surface area is 238 Å².